The minimum absolute atomic E-state index is 0.205. The zero-order valence-electron chi connectivity index (χ0n) is 14.5. The molecule has 0 atom stereocenters. The number of hydrogen-bond acceptors (Lipinski definition) is 6. The fraction of sp³-hybridized carbons (Fsp3) is 0.0526. The molecule has 140 valence electrons. The number of fused-ring (bicyclic) bond motifs is 1. The number of thiazole rings is 1. The Morgan fingerprint density at radius 1 is 1.11 bits per heavy atom. The smallest absolute Gasteiger partial charge is 0.308 e. The van der Waals surface area contributed by atoms with Crippen molar-refractivity contribution in [2.24, 2.45) is 0 Å². The van der Waals surface area contributed by atoms with E-state index in [2.05, 4.69) is 15.4 Å². The molecule has 7 nitrogen and oxygen atoms in total. The number of amides is 1. The van der Waals surface area contributed by atoms with Crippen LogP contribution < -0.4 is 10.1 Å². The van der Waals surface area contributed by atoms with Crippen molar-refractivity contribution in [2.75, 3.05) is 5.32 Å². The molecule has 0 saturated carbocycles. The SMILES string of the molecule is CC(=O)Oc1ccc(C(=O)Nc2nc3scc(-c4ccc(Cl)cc4)n3n2)cc1. The van der Waals surface area contributed by atoms with Crippen molar-refractivity contribution in [1.82, 2.24) is 14.6 Å². The quantitative estimate of drug-likeness (QED) is 0.399. The Morgan fingerprint density at radius 2 is 1.82 bits per heavy atom. The minimum Gasteiger partial charge on any atom is -0.427 e. The molecule has 0 bridgehead atoms. The zero-order valence-corrected chi connectivity index (χ0v) is 16.1. The molecule has 0 radical (unpaired) electrons. The zero-order chi connectivity index (χ0) is 19.7. The maximum atomic E-state index is 12.4. The van der Waals surface area contributed by atoms with E-state index in [0.29, 0.717) is 21.3 Å². The lowest BCUT2D eigenvalue weighted by atomic mass is 10.2. The summed E-state index contributed by atoms with van der Waals surface area (Å²) in [6.45, 7) is 1.31. The molecule has 0 aliphatic heterocycles. The second-order valence-corrected chi connectivity index (χ2v) is 7.10. The van der Waals surface area contributed by atoms with Crippen molar-refractivity contribution >= 4 is 45.7 Å². The van der Waals surface area contributed by atoms with E-state index in [1.807, 2.05) is 17.5 Å². The van der Waals surface area contributed by atoms with Gasteiger partial charge in [0.2, 0.25) is 4.96 Å². The molecule has 2 aromatic heterocycles. The molecule has 0 unspecified atom stereocenters. The minimum atomic E-state index is -0.420. The average Bonchev–Trinajstić information content (AvgIpc) is 3.23. The molecule has 2 heterocycles. The number of halogens is 1. The molecule has 9 heteroatoms. The van der Waals surface area contributed by atoms with Gasteiger partial charge in [-0.15, -0.1) is 16.4 Å². The van der Waals surface area contributed by atoms with Crippen LogP contribution in [0.3, 0.4) is 0 Å². The summed E-state index contributed by atoms with van der Waals surface area (Å²) in [6.07, 6.45) is 0. The first-order chi connectivity index (χ1) is 13.5. The van der Waals surface area contributed by atoms with Crippen LogP contribution in [0.1, 0.15) is 17.3 Å². The summed E-state index contributed by atoms with van der Waals surface area (Å²) in [7, 11) is 0. The van der Waals surface area contributed by atoms with Gasteiger partial charge in [0, 0.05) is 28.5 Å². The van der Waals surface area contributed by atoms with Gasteiger partial charge in [-0.2, -0.15) is 4.98 Å². The van der Waals surface area contributed by atoms with Crippen molar-refractivity contribution in [3.8, 4) is 17.0 Å². The molecule has 1 N–H and O–H groups in total. The number of hydrogen-bond donors (Lipinski definition) is 1. The number of ether oxygens (including phenoxy) is 1. The highest BCUT2D eigenvalue weighted by molar-refractivity contribution is 7.15. The van der Waals surface area contributed by atoms with E-state index in [0.717, 1.165) is 11.3 Å². The number of nitrogens with zero attached hydrogens (tertiary/aromatic N) is 3. The van der Waals surface area contributed by atoms with Gasteiger partial charge in [-0.25, -0.2) is 4.52 Å². The maximum Gasteiger partial charge on any atom is 0.308 e. The molecule has 0 fully saturated rings. The van der Waals surface area contributed by atoms with Crippen molar-refractivity contribution in [3.63, 3.8) is 0 Å². The van der Waals surface area contributed by atoms with E-state index >= 15 is 0 Å². The molecule has 0 spiro atoms. The first-order valence-corrected chi connectivity index (χ1v) is 9.45. The molecule has 1 amide bonds. The molecule has 4 rings (SSSR count). The number of rotatable bonds is 4. The van der Waals surface area contributed by atoms with Crippen molar-refractivity contribution in [3.05, 3.63) is 64.5 Å². The molecular formula is C19H13ClN4O3S. The van der Waals surface area contributed by atoms with Crippen molar-refractivity contribution in [1.29, 1.82) is 0 Å². The van der Waals surface area contributed by atoms with Crippen LogP contribution in [-0.4, -0.2) is 26.5 Å². The first kappa shape index (κ1) is 18.1. The lowest BCUT2D eigenvalue weighted by molar-refractivity contribution is -0.131. The normalized spacial score (nSPS) is 10.8. The van der Waals surface area contributed by atoms with Gasteiger partial charge in [0.15, 0.2) is 0 Å². The van der Waals surface area contributed by atoms with Crippen molar-refractivity contribution < 1.29 is 14.3 Å². The van der Waals surface area contributed by atoms with Crippen LogP contribution in [0.4, 0.5) is 5.95 Å². The summed E-state index contributed by atoms with van der Waals surface area (Å²) < 4.78 is 6.63. The van der Waals surface area contributed by atoms with E-state index < -0.39 is 5.97 Å². The highest BCUT2D eigenvalue weighted by Crippen LogP contribution is 2.27. The third-order valence-electron chi connectivity index (χ3n) is 3.83. The van der Waals surface area contributed by atoms with Crippen LogP contribution in [0.2, 0.25) is 5.02 Å². The van der Waals surface area contributed by atoms with Crippen LogP contribution in [0.15, 0.2) is 53.9 Å². The Balaban J connectivity index is 1.54. The highest BCUT2D eigenvalue weighted by atomic mass is 35.5. The largest absolute Gasteiger partial charge is 0.427 e. The van der Waals surface area contributed by atoms with Gasteiger partial charge in [-0.05, 0) is 36.4 Å². The molecule has 0 aliphatic carbocycles. The Bertz CT molecular complexity index is 1170. The number of nitrogens with one attached hydrogen (secondary N) is 1. The second kappa shape index (κ2) is 7.41. The van der Waals surface area contributed by atoms with Gasteiger partial charge in [0.1, 0.15) is 5.75 Å². The second-order valence-electron chi connectivity index (χ2n) is 5.83. The number of carbonyl (C=O) groups excluding carboxylic acids is 2. The molecular weight excluding hydrogens is 400 g/mol. The topological polar surface area (TPSA) is 85.6 Å². The number of esters is 1. The summed E-state index contributed by atoms with van der Waals surface area (Å²) in [6, 6.07) is 13.6. The van der Waals surface area contributed by atoms with Crippen LogP contribution in [0.25, 0.3) is 16.2 Å². The standard InChI is InChI=1S/C19H13ClN4O3S/c1-11(25)27-15-8-4-13(5-9-15)17(26)21-18-22-19-24(23-18)16(10-28-19)12-2-6-14(20)7-3-12/h2-10H,1H3,(H,21,23,26). The third kappa shape index (κ3) is 3.73. The van der Waals surface area contributed by atoms with Gasteiger partial charge >= 0.3 is 5.97 Å². The Kier molecular flexibility index (Phi) is 4.81. The Hall–Kier alpha value is -3.23. The Morgan fingerprint density at radius 3 is 2.50 bits per heavy atom. The molecule has 0 aliphatic rings. The van der Waals surface area contributed by atoms with Crippen LogP contribution in [-0.2, 0) is 4.79 Å². The first-order valence-electron chi connectivity index (χ1n) is 8.19. The van der Waals surface area contributed by atoms with Crippen molar-refractivity contribution in [2.45, 2.75) is 6.92 Å². The molecule has 4 aromatic rings. The van der Waals surface area contributed by atoms with Gasteiger partial charge in [-0.1, -0.05) is 23.7 Å². The fourth-order valence-electron chi connectivity index (χ4n) is 2.57. The van der Waals surface area contributed by atoms with E-state index in [9.17, 15) is 9.59 Å². The van der Waals surface area contributed by atoms with E-state index in [-0.39, 0.29) is 11.9 Å². The highest BCUT2D eigenvalue weighted by Gasteiger charge is 2.14. The van der Waals surface area contributed by atoms with Gasteiger partial charge in [0.05, 0.1) is 5.69 Å². The lowest BCUT2D eigenvalue weighted by Gasteiger charge is -2.03. The molecule has 2 aromatic carbocycles. The average molecular weight is 413 g/mol. The summed E-state index contributed by atoms with van der Waals surface area (Å²) in [5.74, 6) is -0.204. The lowest BCUT2D eigenvalue weighted by Crippen LogP contribution is -2.13. The number of carbonyl (C=O) groups is 2. The third-order valence-corrected chi connectivity index (χ3v) is 4.89. The van der Waals surface area contributed by atoms with Crippen LogP contribution >= 0.6 is 22.9 Å². The van der Waals surface area contributed by atoms with E-state index in [1.165, 1.54) is 18.3 Å². The van der Waals surface area contributed by atoms with Gasteiger partial charge in [0.25, 0.3) is 11.9 Å². The predicted molar refractivity (Wildman–Crippen MR) is 107 cm³/mol. The fourth-order valence-corrected chi connectivity index (χ4v) is 3.52. The van der Waals surface area contributed by atoms with E-state index in [4.69, 9.17) is 16.3 Å². The van der Waals surface area contributed by atoms with Crippen LogP contribution in [0, 0.1) is 0 Å². The summed E-state index contributed by atoms with van der Waals surface area (Å²) in [4.78, 5) is 28.4. The van der Waals surface area contributed by atoms with Gasteiger partial charge in [-0.3, -0.25) is 14.9 Å². The summed E-state index contributed by atoms with van der Waals surface area (Å²) in [5, 5.41) is 9.65. The molecule has 28 heavy (non-hydrogen) atoms. The van der Waals surface area contributed by atoms with Crippen LogP contribution in [0.5, 0.6) is 5.75 Å². The number of anilines is 1. The number of aromatic nitrogens is 3. The maximum absolute atomic E-state index is 12.4. The summed E-state index contributed by atoms with van der Waals surface area (Å²) in [5.41, 5.74) is 2.20. The predicted octanol–water partition coefficient (Wildman–Crippen LogP) is 4.29. The summed E-state index contributed by atoms with van der Waals surface area (Å²) >= 11 is 7.36. The Labute approximate surface area is 168 Å². The monoisotopic (exact) mass is 412 g/mol. The molecule has 0 saturated heterocycles. The number of benzene rings is 2. The van der Waals surface area contributed by atoms with Gasteiger partial charge < -0.3 is 4.74 Å². The van der Waals surface area contributed by atoms with E-state index in [1.54, 1.807) is 40.9 Å².